The molecule has 2 saturated heterocycles. The minimum Gasteiger partial charge on any atom is -0.478 e. The van der Waals surface area contributed by atoms with E-state index in [2.05, 4.69) is 29.2 Å². The zero-order valence-corrected chi connectivity index (χ0v) is 19.1. The van der Waals surface area contributed by atoms with Gasteiger partial charge in [-0.25, -0.2) is 4.79 Å². The van der Waals surface area contributed by atoms with Crippen LogP contribution in [0.25, 0.3) is 22.0 Å². The first-order valence-corrected chi connectivity index (χ1v) is 12.2. The third-order valence-electron chi connectivity index (χ3n) is 8.07. The highest BCUT2D eigenvalue weighted by atomic mass is 16.5. The number of fused-ring (bicyclic) bond motifs is 1. The van der Waals surface area contributed by atoms with Gasteiger partial charge in [-0.05, 0) is 66.5 Å². The van der Waals surface area contributed by atoms with Crippen molar-refractivity contribution in [2.45, 2.75) is 44.1 Å². The maximum Gasteiger partial charge on any atom is 0.336 e. The van der Waals surface area contributed by atoms with Crippen molar-refractivity contribution in [2.24, 2.45) is 5.41 Å². The molecular formula is C28H28N2O4. The van der Waals surface area contributed by atoms with E-state index < -0.39 is 5.97 Å². The first-order valence-electron chi connectivity index (χ1n) is 12.2. The molecule has 3 aliphatic rings. The Kier molecular flexibility index (Phi) is 5.14. The van der Waals surface area contributed by atoms with E-state index in [0.717, 1.165) is 55.4 Å². The molecule has 1 spiro atoms. The first kappa shape index (κ1) is 21.3. The van der Waals surface area contributed by atoms with Gasteiger partial charge in [-0.15, -0.1) is 0 Å². The van der Waals surface area contributed by atoms with E-state index in [9.17, 15) is 14.7 Å². The molecule has 1 N–H and O–H groups in total. The fraction of sp³-hybridized carbons (Fsp3) is 0.393. The Morgan fingerprint density at radius 1 is 1.09 bits per heavy atom. The fourth-order valence-electron chi connectivity index (χ4n) is 5.92. The van der Waals surface area contributed by atoms with Gasteiger partial charge < -0.3 is 14.7 Å². The van der Waals surface area contributed by atoms with E-state index in [1.165, 1.54) is 12.0 Å². The molecular weight excluding hydrogens is 428 g/mol. The van der Waals surface area contributed by atoms with Crippen LogP contribution in [0.1, 0.15) is 53.9 Å². The number of likely N-dealkylation sites (tertiary alicyclic amines) is 1. The molecule has 0 unspecified atom stereocenters. The molecule has 6 nitrogen and oxygen atoms in total. The minimum atomic E-state index is -0.940. The van der Waals surface area contributed by atoms with Crippen molar-refractivity contribution in [1.29, 1.82) is 0 Å². The second-order valence-electron chi connectivity index (χ2n) is 9.97. The number of benzene rings is 2. The van der Waals surface area contributed by atoms with Crippen molar-refractivity contribution in [3.05, 3.63) is 65.9 Å². The molecule has 3 heterocycles. The molecule has 0 radical (unpaired) electrons. The summed E-state index contributed by atoms with van der Waals surface area (Å²) in [5.41, 5.74) is 3.83. The molecule has 1 amide bonds. The summed E-state index contributed by atoms with van der Waals surface area (Å²) in [5, 5.41) is 10.9. The van der Waals surface area contributed by atoms with Crippen LogP contribution in [0, 0.1) is 5.41 Å². The zero-order chi connectivity index (χ0) is 23.3. The Bertz CT molecular complexity index is 1260. The summed E-state index contributed by atoms with van der Waals surface area (Å²) in [6, 6.07) is 15.9. The van der Waals surface area contributed by atoms with Gasteiger partial charge in [-0.2, -0.15) is 0 Å². The standard InChI is InChI=1S/C28H28N2O4/c31-26(25-5-2-14-34-25)30-12-10-28(11-13-30)16-23(28)18-6-8-19(9-7-18)24-15-20-3-1-4-21(27(32)33)22(20)17-29-24/h1,3-4,6-9,15,17,23,25H,2,5,10-14,16H2,(H,32,33)/t23-,25-/m1/s1. The van der Waals surface area contributed by atoms with E-state index in [-0.39, 0.29) is 17.6 Å². The predicted octanol–water partition coefficient (Wildman–Crippen LogP) is 4.88. The topological polar surface area (TPSA) is 79.7 Å². The maximum atomic E-state index is 12.7. The highest BCUT2D eigenvalue weighted by Gasteiger charge is 2.55. The number of carboxylic acids is 1. The molecule has 0 bridgehead atoms. The summed E-state index contributed by atoms with van der Waals surface area (Å²) in [6.45, 7) is 2.39. The van der Waals surface area contributed by atoms with E-state index in [4.69, 9.17) is 4.74 Å². The summed E-state index contributed by atoms with van der Waals surface area (Å²) in [5.74, 6) is -0.193. The number of nitrogens with zero attached hydrogens (tertiary/aromatic N) is 2. The molecule has 3 fully saturated rings. The van der Waals surface area contributed by atoms with Crippen molar-refractivity contribution in [1.82, 2.24) is 9.88 Å². The highest BCUT2D eigenvalue weighted by Crippen LogP contribution is 2.65. The lowest BCUT2D eigenvalue weighted by Crippen LogP contribution is -2.44. The lowest BCUT2D eigenvalue weighted by molar-refractivity contribution is -0.142. The number of aromatic nitrogens is 1. The number of carboxylic acid groups (broad SMARTS) is 1. The van der Waals surface area contributed by atoms with Crippen molar-refractivity contribution >= 4 is 22.6 Å². The van der Waals surface area contributed by atoms with Crippen LogP contribution in [0.15, 0.2) is 54.7 Å². The number of ether oxygens (including phenoxy) is 1. The van der Waals surface area contributed by atoms with Crippen LogP contribution in [0.5, 0.6) is 0 Å². The highest BCUT2D eigenvalue weighted by molar-refractivity contribution is 6.03. The van der Waals surface area contributed by atoms with E-state index in [0.29, 0.717) is 23.3 Å². The number of pyridine rings is 1. The van der Waals surface area contributed by atoms with E-state index in [1.54, 1.807) is 18.3 Å². The lowest BCUT2D eigenvalue weighted by atomic mass is 9.88. The monoisotopic (exact) mass is 456 g/mol. The van der Waals surface area contributed by atoms with Crippen LogP contribution in [-0.4, -0.2) is 52.7 Å². The summed E-state index contributed by atoms with van der Waals surface area (Å²) in [7, 11) is 0. The zero-order valence-electron chi connectivity index (χ0n) is 19.1. The molecule has 2 aliphatic heterocycles. The van der Waals surface area contributed by atoms with Gasteiger partial charge >= 0.3 is 5.97 Å². The number of piperidine rings is 1. The largest absolute Gasteiger partial charge is 0.478 e. The van der Waals surface area contributed by atoms with Gasteiger partial charge in [-0.3, -0.25) is 9.78 Å². The van der Waals surface area contributed by atoms with Crippen LogP contribution in [-0.2, 0) is 9.53 Å². The van der Waals surface area contributed by atoms with Gasteiger partial charge in [0, 0.05) is 36.8 Å². The van der Waals surface area contributed by atoms with Crippen molar-refractivity contribution < 1.29 is 19.4 Å². The van der Waals surface area contributed by atoms with Crippen molar-refractivity contribution in [2.75, 3.05) is 19.7 Å². The van der Waals surface area contributed by atoms with Crippen LogP contribution >= 0.6 is 0 Å². The van der Waals surface area contributed by atoms with E-state index in [1.807, 2.05) is 17.0 Å². The quantitative estimate of drug-likeness (QED) is 0.606. The second-order valence-corrected chi connectivity index (χ2v) is 9.97. The second kappa shape index (κ2) is 8.20. The van der Waals surface area contributed by atoms with Crippen LogP contribution < -0.4 is 0 Å². The molecule has 34 heavy (non-hydrogen) atoms. The van der Waals surface area contributed by atoms with Crippen LogP contribution in [0.4, 0.5) is 0 Å². The number of amides is 1. The normalized spacial score (nSPS) is 23.4. The van der Waals surface area contributed by atoms with Gasteiger partial charge in [0.1, 0.15) is 6.10 Å². The molecule has 174 valence electrons. The van der Waals surface area contributed by atoms with Crippen molar-refractivity contribution in [3.63, 3.8) is 0 Å². The van der Waals surface area contributed by atoms with Crippen LogP contribution in [0.3, 0.4) is 0 Å². The summed E-state index contributed by atoms with van der Waals surface area (Å²) >= 11 is 0. The number of rotatable bonds is 4. The Hall–Kier alpha value is -3.25. The molecule has 1 aliphatic carbocycles. The molecule has 6 heteroatoms. The first-order chi connectivity index (χ1) is 16.5. The van der Waals surface area contributed by atoms with Crippen molar-refractivity contribution in [3.8, 4) is 11.3 Å². The average Bonchev–Trinajstić information content (AvgIpc) is 3.28. The predicted molar refractivity (Wildman–Crippen MR) is 129 cm³/mol. The van der Waals surface area contributed by atoms with E-state index >= 15 is 0 Å². The molecule has 2 aromatic carbocycles. The Morgan fingerprint density at radius 3 is 2.59 bits per heavy atom. The Balaban J connectivity index is 1.14. The number of carbonyl (C=O) groups is 2. The molecule has 2 atom stereocenters. The van der Waals surface area contributed by atoms with Gasteiger partial charge in [-0.1, -0.05) is 36.4 Å². The Labute approximate surface area is 198 Å². The SMILES string of the molecule is O=C(O)c1cccc2cc(-c3ccc([C@H]4CC45CCN(C(=O)[C@H]4CCCO4)CC5)cc3)ncc12. The van der Waals surface area contributed by atoms with Gasteiger partial charge in [0.25, 0.3) is 5.91 Å². The Morgan fingerprint density at radius 2 is 1.88 bits per heavy atom. The number of aromatic carboxylic acids is 1. The smallest absolute Gasteiger partial charge is 0.336 e. The van der Waals surface area contributed by atoms with Gasteiger partial charge in [0.2, 0.25) is 0 Å². The van der Waals surface area contributed by atoms with Gasteiger partial charge in [0.05, 0.1) is 11.3 Å². The number of carbonyl (C=O) groups excluding carboxylic acids is 1. The molecule has 3 aromatic rings. The van der Waals surface area contributed by atoms with Gasteiger partial charge in [0.15, 0.2) is 0 Å². The van der Waals surface area contributed by atoms with Crippen LogP contribution in [0.2, 0.25) is 0 Å². The summed E-state index contributed by atoms with van der Waals surface area (Å²) in [6.07, 6.45) is 6.62. The molecule has 1 aromatic heterocycles. The maximum absolute atomic E-state index is 12.7. The number of hydrogen-bond acceptors (Lipinski definition) is 4. The summed E-state index contributed by atoms with van der Waals surface area (Å²) < 4.78 is 5.59. The lowest BCUT2D eigenvalue weighted by Gasteiger charge is -2.34. The fourth-order valence-corrected chi connectivity index (χ4v) is 5.92. The third kappa shape index (κ3) is 3.66. The molecule has 6 rings (SSSR count). The molecule has 1 saturated carbocycles. The summed E-state index contributed by atoms with van der Waals surface area (Å²) in [4.78, 5) is 30.7. The minimum absolute atomic E-state index is 0.187. The average molecular weight is 457 g/mol. The number of hydrogen-bond donors (Lipinski definition) is 1. The third-order valence-corrected chi connectivity index (χ3v) is 8.07.